The van der Waals surface area contributed by atoms with Crippen LogP contribution in [0.4, 0.5) is 22.0 Å². The van der Waals surface area contributed by atoms with Crippen molar-refractivity contribution in [3.63, 3.8) is 0 Å². The second-order valence-electron chi connectivity index (χ2n) is 9.91. The zero-order valence-electron chi connectivity index (χ0n) is 28.5. The Morgan fingerprint density at radius 2 is 1.35 bits per heavy atom. The Morgan fingerprint density at radius 3 is 1.84 bits per heavy atom. The standard InChI is InChI=1S/C21H28F5N3O7.C7H15NO5.C2H6/c22-16-17(23)19(25)21(20(26)18(16)24)36-15(31)2-5-32-7-9-34-11-12-35-10-8-33-6-3-28-13-14(29-27)1-4-30;9-6-3-5(1-2-8(11)12)13-4-7(6)10;1-2/h13,30H,1-12,27H2;5-7,9-12H,1-4H2;1-2H3/b28-13?,29-14-;;. The van der Waals surface area contributed by atoms with Gasteiger partial charge in [-0.2, -0.15) is 13.9 Å². The maximum Gasteiger partial charge on any atom is 0.313 e. The van der Waals surface area contributed by atoms with Crippen LogP contribution < -0.4 is 10.6 Å². The minimum atomic E-state index is -2.35. The molecule has 0 bridgehead atoms. The lowest BCUT2D eigenvalue weighted by Crippen LogP contribution is -2.42. The molecule has 0 amide bonds. The Morgan fingerprint density at radius 1 is 0.843 bits per heavy atom. The first kappa shape index (κ1) is 48.0. The number of hydrogen-bond acceptors (Lipinski definition) is 16. The Bertz CT molecular complexity index is 1130. The number of esters is 1. The van der Waals surface area contributed by atoms with Gasteiger partial charge in [-0.05, 0) is 6.42 Å². The van der Waals surface area contributed by atoms with Crippen molar-refractivity contribution in [1.82, 2.24) is 5.23 Å². The van der Waals surface area contributed by atoms with Crippen LogP contribution in [0.2, 0.25) is 0 Å². The average Bonchev–Trinajstić information content (AvgIpc) is 3.12. The summed E-state index contributed by atoms with van der Waals surface area (Å²) in [6.07, 6.45) is 0.238. The highest BCUT2D eigenvalue weighted by molar-refractivity contribution is 6.30. The lowest BCUT2D eigenvalue weighted by molar-refractivity contribution is -0.309. The molecule has 1 saturated heterocycles. The second kappa shape index (κ2) is 29.6. The minimum Gasteiger partial charge on any atom is -0.420 e. The van der Waals surface area contributed by atoms with Crippen LogP contribution in [-0.4, -0.2) is 146 Å². The largest absolute Gasteiger partial charge is 0.420 e. The number of nitrogens with zero attached hydrogens (tertiary/aromatic N) is 3. The molecule has 0 radical (unpaired) electrons. The zero-order valence-corrected chi connectivity index (χ0v) is 28.5. The minimum absolute atomic E-state index is 0.0630. The van der Waals surface area contributed by atoms with Crippen LogP contribution in [0, 0.1) is 29.1 Å². The van der Waals surface area contributed by atoms with Gasteiger partial charge in [-0.1, -0.05) is 19.1 Å². The molecule has 296 valence electrons. The number of benzene rings is 1. The van der Waals surface area contributed by atoms with Crippen molar-refractivity contribution in [2.75, 3.05) is 79.2 Å². The number of hydrogen-bond donors (Lipinski definition) is 6. The van der Waals surface area contributed by atoms with Gasteiger partial charge in [-0.25, -0.2) is 13.2 Å². The average molecular weight is 753 g/mol. The molecule has 1 heterocycles. The number of carbonyl (C=O) groups is 1. The maximum absolute atomic E-state index is 13.5. The van der Waals surface area contributed by atoms with E-state index in [9.17, 15) is 31.9 Å². The van der Waals surface area contributed by atoms with Gasteiger partial charge >= 0.3 is 5.97 Å². The van der Waals surface area contributed by atoms with E-state index in [1.54, 1.807) is 0 Å². The van der Waals surface area contributed by atoms with Gasteiger partial charge in [-0.3, -0.25) is 20.2 Å². The van der Waals surface area contributed by atoms with Gasteiger partial charge in [0.15, 0.2) is 0 Å². The molecule has 0 saturated carbocycles. The molecule has 0 aliphatic carbocycles. The lowest BCUT2D eigenvalue weighted by atomic mass is 10.0. The van der Waals surface area contributed by atoms with Crippen LogP contribution in [0.5, 0.6) is 5.75 Å². The van der Waals surface area contributed by atoms with Crippen molar-refractivity contribution < 1.29 is 80.9 Å². The molecule has 3 unspecified atom stereocenters. The van der Waals surface area contributed by atoms with Crippen molar-refractivity contribution in [3.8, 4) is 5.75 Å². The molecule has 51 heavy (non-hydrogen) atoms. The number of hydroxylamine groups is 2. The monoisotopic (exact) mass is 752 g/mol. The van der Waals surface area contributed by atoms with E-state index >= 15 is 0 Å². The molecular weight excluding hydrogens is 703 g/mol. The fraction of sp³-hybridized carbons (Fsp3) is 0.700. The quantitative estimate of drug-likeness (QED) is 0.0114. The van der Waals surface area contributed by atoms with E-state index in [1.165, 1.54) is 6.21 Å². The molecule has 2 rings (SSSR count). The van der Waals surface area contributed by atoms with E-state index in [1.807, 2.05) is 13.8 Å². The summed E-state index contributed by atoms with van der Waals surface area (Å²) >= 11 is 0. The molecule has 0 spiro atoms. The number of rotatable bonds is 22. The van der Waals surface area contributed by atoms with E-state index in [0.717, 1.165) is 0 Å². The number of halogens is 5. The van der Waals surface area contributed by atoms with Crippen LogP contribution in [0.1, 0.15) is 39.5 Å². The van der Waals surface area contributed by atoms with E-state index in [4.69, 9.17) is 50.2 Å². The predicted molar refractivity (Wildman–Crippen MR) is 169 cm³/mol. The molecule has 1 aliphatic heterocycles. The Hall–Kier alpha value is -2.96. The molecule has 1 aromatic rings. The SMILES string of the molecule is CC.N/N=C(\C=NCCOCCOCCOCCOCCC(=O)Oc1c(F)c(F)c(F)c(F)c1F)CCO.OC1COC(CCN(O)O)CC1O. The van der Waals surface area contributed by atoms with Crippen molar-refractivity contribution in [1.29, 1.82) is 0 Å². The third kappa shape index (κ3) is 21.2. The summed E-state index contributed by atoms with van der Waals surface area (Å²) in [7, 11) is 0. The number of aliphatic hydroxyl groups excluding tert-OH is 3. The third-order valence-corrected chi connectivity index (χ3v) is 6.19. The molecule has 1 fully saturated rings. The van der Waals surface area contributed by atoms with Crippen LogP contribution in [0.3, 0.4) is 0 Å². The van der Waals surface area contributed by atoms with Gasteiger partial charge in [-0.15, -0.1) is 0 Å². The number of nitrogens with two attached hydrogens (primary N) is 1. The second-order valence-corrected chi connectivity index (χ2v) is 9.91. The van der Waals surface area contributed by atoms with Crippen LogP contribution in [0.15, 0.2) is 10.1 Å². The molecule has 21 heteroatoms. The number of aliphatic imine (C=N–C) groups is 1. The lowest BCUT2D eigenvalue weighted by Gasteiger charge is -2.30. The van der Waals surface area contributed by atoms with Gasteiger partial charge in [0.05, 0.1) is 96.9 Å². The number of ether oxygens (including phenoxy) is 6. The highest BCUT2D eigenvalue weighted by Crippen LogP contribution is 2.29. The van der Waals surface area contributed by atoms with Crippen molar-refractivity contribution in [3.05, 3.63) is 29.1 Å². The van der Waals surface area contributed by atoms with E-state index < -0.39 is 59.4 Å². The zero-order chi connectivity index (χ0) is 38.6. The van der Waals surface area contributed by atoms with Crippen LogP contribution in [-0.2, 0) is 28.5 Å². The first-order valence-corrected chi connectivity index (χ1v) is 16.0. The van der Waals surface area contributed by atoms with E-state index in [0.29, 0.717) is 57.9 Å². The van der Waals surface area contributed by atoms with Gasteiger partial charge in [0.1, 0.15) is 6.10 Å². The molecular formula is C30H49F5N4O12. The van der Waals surface area contributed by atoms with E-state index in [2.05, 4.69) is 14.8 Å². The smallest absolute Gasteiger partial charge is 0.313 e. The third-order valence-electron chi connectivity index (χ3n) is 6.19. The van der Waals surface area contributed by atoms with Crippen molar-refractivity contribution in [2.24, 2.45) is 15.9 Å². The summed E-state index contributed by atoms with van der Waals surface area (Å²) in [6, 6.07) is 0. The van der Waals surface area contributed by atoms with Gasteiger partial charge in [0.25, 0.3) is 0 Å². The number of hydrazone groups is 1. The van der Waals surface area contributed by atoms with Crippen molar-refractivity contribution >= 4 is 17.9 Å². The Labute approximate surface area is 292 Å². The highest BCUT2D eigenvalue weighted by atomic mass is 19.2. The van der Waals surface area contributed by atoms with Crippen LogP contribution >= 0.6 is 0 Å². The fourth-order valence-electron chi connectivity index (χ4n) is 3.62. The summed E-state index contributed by atoms with van der Waals surface area (Å²) in [5, 5.41) is 47.5. The topological polar surface area (TPSA) is 228 Å². The number of aliphatic hydroxyl groups is 3. The molecule has 0 aromatic heterocycles. The van der Waals surface area contributed by atoms with Crippen LogP contribution in [0.25, 0.3) is 0 Å². The summed E-state index contributed by atoms with van der Waals surface area (Å²) < 4.78 is 96.4. The molecule has 3 atom stereocenters. The summed E-state index contributed by atoms with van der Waals surface area (Å²) in [5.74, 6) is -9.02. The van der Waals surface area contributed by atoms with Gasteiger partial charge in [0.2, 0.25) is 34.8 Å². The first-order valence-electron chi connectivity index (χ1n) is 16.0. The summed E-state index contributed by atoms with van der Waals surface area (Å²) in [5.41, 5.74) is 0.486. The molecule has 1 aliphatic rings. The number of carbonyl (C=O) groups excluding carboxylic acids is 1. The van der Waals surface area contributed by atoms with Crippen molar-refractivity contribution in [2.45, 2.75) is 57.8 Å². The molecule has 7 N–H and O–H groups in total. The maximum atomic E-state index is 13.5. The summed E-state index contributed by atoms with van der Waals surface area (Å²) in [6.45, 7) is 6.15. The normalized spacial score (nSPS) is 17.6. The Kier molecular flexibility index (Phi) is 27.9. The fourth-order valence-corrected chi connectivity index (χ4v) is 3.62. The van der Waals surface area contributed by atoms with Gasteiger partial charge in [0, 0.05) is 25.7 Å². The Balaban J connectivity index is 0.00000138. The van der Waals surface area contributed by atoms with E-state index in [-0.39, 0.29) is 57.5 Å². The highest BCUT2D eigenvalue weighted by Gasteiger charge is 2.29. The predicted octanol–water partition coefficient (Wildman–Crippen LogP) is 1.51. The molecule has 16 nitrogen and oxygen atoms in total. The molecule has 1 aromatic carbocycles. The first-order chi connectivity index (χ1) is 24.4. The summed E-state index contributed by atoms with van der Waals surface area (Å²) in [4.78, 5) is 15.6. The van der Waals surface area contributed by atoms with Gasteiger partial charge < -0.3 is 49.6 Å².